The van der Waals surface area contributed by atoms with Gasteiger partial charge in [-0.05, 0) is 60.4 Å². The van der Waals surface area contributed by atoms with E-state index in [1.54, 1.807) is 22.2 Å². The highest BCUT2D eigenvalue weighted by Gasteiger charge is 2.29. The van der Waals surface area contributed by atoms with E-state index < -0.39 is 18.2 Å². The number of rotatable bonds is 17. The largest absolute Gasteiger partial charge is 0.453 e. The predicted molar refractivity (Wildman–Crippen MR) is 203 cm³/mol. The first kappa shape index (κ1) is 41.0. The molecule has 3 rings (SSSR count). The zero-order valence-electron chi connectivity index (χ0n) is 31.6. The molecule has 0 aliphatic rings. The van der Waals surface area contributed by atoms with Crippen LogP contribution in [0.3, 0.4) is 0 Å². The molecule has 0 fully saturated rings. The molecule has 0 unspecified atom stereocenters. The Hall–Kier alpha value is -5.46. The minimum atomic E-state index is -0.706. The number of hydrogen-bond acceptors (Lipinski definition) is 8. The molecule has 0 radical (unpaired) electrons. The summed E-state index contributed by atoms with van der Waals surface area (Å²) >= 11 is 0. The monoisotopic (exact) mass is 715 g/mol. The number of imidazole rings is 1. The van der Waals surface area contributed by atoms with Crippen molar-refractivity contribution in [2.45, 2.75) is 67.0 Å². The molecular formula is C39H53N7O6. The molecule has 3 N–H and O–H groups in total. The van der Waals surface area contributed by atoms with Crippen LogP contribution < -0.4 is 10.6 Å². The van der Waals surface area contributed by atoms with Crippen molar-refractivity contribution in [1.29, 1.82) is 0 Å². The van der Waals surface area contributed by atoms with E-state index in [1.807, 2.05) is 53.7 Å². The fourth-order valence-corrected chi connectivity index (χ4v) is 5.46. The van der Waals surface area contributed by atoms with Gasteiger partial charge in [0.1, 0.15) is 18.4 Å². The van der Waals surface area contributed by atoms with E-state index in [4.69, 9.17) is 4.74 Å². The van der Waals surface area contributed by atoms with Crippen LogP contribution in [-0.2, 0) is 25.6 Å². The van der Waals surface area contributed by atoms with Crippen molar-refractivity contribution in [3.05, 3.63) is 72.3 Å². The van der Waals surface area contributed by atoms with Gasteiger partial charge in [0.2, 0.25) is 11.8 Å². The van der Waals surface area contributed by atoms with Crippen molar-refractivity contribution < 1.29 is 28.7 Å². The quantitative estimate of drug-likeness (QED) is 0.139. The number of nitrogens with one attached hydrogen (secondary N) is 3. The van der Waals surface area contributed by atoms with Crippen molar-refractivity contribution in [1.82, 2.24) is 30.4 Å². The SMILES string of the molecule is CCCN(CC(C)=N/C=C(\C)c1ccc(-c2ccc(-c3cnc(CN(CCC)C(=O)[C@@H](NC(=O)OC)C(C)C)[nH]3)cc2)cc1)C(=O)CNC(=O)OC. The van der Waals surface area contributed by atoms with Gasteiger partial charge in [-0.15, -0.1) is 0 Å². The topological polar surface area (TPSA) is 158 Å². The van der Waals surface area contributed by atoms with Gasteiger partial charge < -0.3 is 34.9 Å². The van der Waals surface area contributed by atoms with Gasteiger partial charge in [0.15, 0.2) is 0 Å². The lowest BCUT2D eigenvalue weighted by Gasteiger charge is -2.28. The lowest BCUT2D eigenvalue weighted by Crippen LogP contribution is -2.51. The first-order chi connectivity index (χ1) is 24.9. The smallest absolute Gasteiger partial charge is 0.407 e. The second-order valence-electron chi connectivity index (χ2n) is 12.9. The number of aromatic amines is 1. The van der Waals surface area contributed by atoms with Crippen LogP contribution in [0.1, 0.15) is 65.8 Å². The average Bonchev–Trinajstić information content (AvgIpc) is 3.62. The molecule has 1 atom stereocenters. The summed E-state index contributed by atoms with van der Waals surface area (Å²) < 4.78 is 9.27. The molecule has 0 saturated carbocycles. The number of nitrogens with zero attached hydrogens (tertiary/aromatic N) is 4. The van der Waals surface area contributed by atoms with E-state index in [0.29, 0.717) is 25.5 Å². The molecule has 52 heavy (non-hydrogen) atoms. The molecule has 0 spiro atoms. The summed E-state index contributed by atoms with van der Waals surface area (Å²) in [6.07, 6.45) is 3.83. The van der Waals surface area contributed by atoms with Crippen LogP contribution >= 0.6 is 0 Å². The molecule has 1 heterocycles. The number of hydrogen-bond donors (Lipinski definition) is 3. The van der Waals surface area contributed by atoms with E-state index in [1.165, 1.54) is 14.2 Å². The number of aliphatic imine (C=N–C) groups is 1. The predicted octanol–water partition coefficient (Wildman–Crippen LogP) is 6.28. The van der Waals surface area contributed by atoms with Gasteiger partial charge in [0, 0.05) is 25.0 Å². The van der Waals surface area contributed by atoms with Gasteiger partial charge in [-0.25, -0.2) is 14.6 Å². The summed E-state index contributed by atoms with van der Waals surface area (Å²) in [5, 5.41) is 5.10. The van der Waals surface area contributed by atoms with Crippen LogP contribution in [0.15, 0.2) is 65.9 Å². The number of carbonyl (C=O) groups is 4. The van der Waals surface area contributed by atoms with Crippen molar-refractivity contribution in [2.75, 3.05) is 40.4 Å². The number of benzene rings is 2. The van der Waals surface area contributed by atoms with Crippen molar-refractivity contribution in [3.8, 4) is 22.4 Å². The Balaban J connectivity index is 1.65. The fourth-order valence-electron chi connectivity index (χ4n) is 5.46. The standard InChI is InChI=1S/C39H53N7O6/c1-9-19-45(35(47)23-42-38(49)51-7)24-28(6)40-21-27(5)29-11-13-30(14-12-29)31-15-17-32(18-16-31)33-22-41-34(43-33)25-46(20-10-2)37(48)36(26(3)4)44-39(50)52-8/h11-18,21-22,26,36H,9-10,19-20,23-25H2,1-8H3,(H,41,43)(H,42,49)(H,44,50)/b27-21+,40-28?/t36-/m0/s1. The van der Waals surface area contributed by atoms with Gasteiger partial charge in [-0.1, -0.05) is 76.2 Å². The summed E-state index contributed by atoms with van der Waals surface area (Å²) in [5.74, 6) is 0.155. The third-order valence-corrected chi connectivity index (χ3v) is 8.35. The number of methoxy groups -OCH3 is 2. The number of alkyl carbamates (subject to hydrolysis) is 2. The number of amides is 4. The lowest BCUT2D eigenvalue weighted by atomic mass is 10.00. The maximum absolute atomic E-state index is 13.4. The van der Waals surface area contributed by atoms with Gasteiger partial charge in [-0.2, -0.15) is 0 Å². The Morgan fingerprint density at radius 2 is 1.44 bits per heavy atom. The summed E-state index contributed by atoms with van der Waals surface area (Å²) in [5.41, 5.74) is 6.72. The number of allylic oxidation sites excluding steroid dienone is 1. The van der Waals surface area contributed by atoms with Crippen LogP contribution in [-0.4, -0.2) is 95.9 Å². The van der Waals surface area contributed by atoms with E-state index in [-0.39, 0.29) is 30.8 Å². The molecule has 0 aliphatic carbocycles. The molecule has 13 heteroatoms. The number of carbonyl (C=O) groups excluding carboxylic acids is 4. The number of ether oxygens (including phenoxy) is 2. The minimum absolute atomic E-state index is 0.117. The molecule has 0 aliphatic heterocycles. The highest BCUT2D eigenvalue weighted by atomic mass is 16.5. The second kappa shape index (κ2) is 20.4. The van der Waals surface area contributed by atoms with E-state index >= 15 is 0 Å². The van der Waals surface area contributed by atoms with Crippen LogP contribution in [0.5, 0.6) is 0 Å². The Morgan fingerprint density at radius 3 is 2.02 bits per heavy atom. The first-order valence-electron chi connectivity index (χ1n) is 17.6. The molecule has 0 saturated heterocycles. The molecule has 0 bridgehead atoms. The molecule has 280 valence electrons. The Morgan fingerprint density at radius 1 is 0.865 bits per heavy atom. The van der Waals surface area contributed by atoms with Gasteiger partial charge in [0.05, 0.1) is 39.2 Å². The van der Waals surface area contributed by atoms with E-state index in [0.717, 1.165) is 52.1 Å². The fraction of sp³-hybridized carbons (Fsp3) is 0.436. The van der Waals surface area contributed by atoms with Crippen molar-refractivity contribution in [3.63, 3.8) is 0 Å². The Labute approximate surface area is 306 Å². The highest BCUT2D eigenvalue weighted by molar-refractivity contribution is 5.90. The normalized spacial score (nSPS) is 12.2. The molecule has 4 amide bonds. The summed E-state index contributed by atoms with van der Waals surface area (Å²) in [6.45, 7) is 13.2. The van der Waals surface area contributed by atoms with Gasteiger partial charge in [0.25, 0.3) is 0 Å². The average molecular weight is 716 g/mol. The van der Waals surface area contributed by atoms with E-state index in [2.05, 4.69) is 66.7 Å². The third kappa shape index (κ3) is 12.1. The lowest BCUT2D eigenvalue weighted by molar-refractivity contribution is -0.135. The van der Waals surface area contributed by atoms with Crippen molar-refractivity contribution in [2.24, 2.45) is 10.9 Å². The number of H-pyrrole nitrogens is 1. The first-order valence-corrected chi connectivity index (χ1v) is 17.6. The molecule has 2 aromatic carbocycles. The van der Waals surface area contributed by atoms with E-state index in [9.17, 15) is 19.2 Å². The third-order valence-electron chi connectivity index (χ3n) is 8.35. The maximum Gasteiger partial charge on any atom is 0.407 e. The van der Waals surface area contributed by atoms with Crippen molar-refractivity contribution >= 4 is 35.3 Å². The van der Waals surface area contributed by atoms with Gasteiger partial charge >= 0.3 is 12.2 Å². The van der Waals surface area contributed by atoms with Crippen LogP contribution in [0.2, 0.25) is 0 Å². The summed E-state index contributed by atoms with van der Waals surface area (Å²) in [7, 11) is 2.54. The van der Waals surface area contributed by atoms with Crippen LogP contribution in [0.4, 0.5) is 9.59 Å². The highest BCUT2D eigenvalue weighted by Crippen LogP contribution is 2.26. The molecule has 3 aromatic rings. The zero-order chi connectivity index (χ0) is 38.2. The molecule has 13 nitrogen and oxygen atoms in total. The van der Waals surface area contributed by atoms with Gasteiger partial charge in [-0.3, -0.25) is 14.6 Å². The Kier molecular flexibility index (Phi) is 16.1. The van der Waals surface area contributed by atoms with Crippen LogP contribution in [0.25, 0.3) is 28.0 Å². The maximum atomic E-state index is 13.4. The summed E-state index contributed by atoms with van der Waals surface area (Å²) in [4.78, 5) is 65.1. The second-order valence-corrected chi connectivity index (χ2v) is 12.9. The minimum Gasteiger partial charge on any atom is -0.453 e. The van der Waals surface area contributed by atoms with Crippen LogP contribution in [0, 0.1) is 5.92 Å². The number of aromatic nitrogens is 2. The molecule has 1 aromatic heterocycles. The zero-order valence-corrected chi connectivity index (χ0v) is 31.6. The Bertz CT molecular complexity index is 1700. The summed E-state index contributed by atoms with van der Waals surface area (Å²) in [6, 6.07) is 15.7. The molecular weight excluding hydrogens is 662 g/mol.